The molecule has 0 fully saturated rings. The summed E-state index contributed by atoms with van der Waals surface area (Å²) in [6.07, 6.45) is 1.71. The lowest BCUT2D eigenvalue weighted by Crippen LogP contribution is -2.14. The number of carbonyl (C=O) groups excluding carboxylic acids is 2. The topological polar surface area (TPSA) is 68.3 Å². The molecule has 1 N–H and O–H groups in total. The maximum atomic E-state index is 12.5. The Morgan fingerprint density at radius 3 is 2.64 bits per heavy atom. The van der Waals surface area contributed by atoms with Gasteiger partial charge < -0.3 is 10.1 Å². The Labute approximate surface area is 145 Å². The first kappa shape index (κ1) is 16.6. The molecule has 0 aliphatic heterocycles. The largest absolute Gasteiger partial charge is 0.457 e. The van der Waals surface area contributed by atoms with E-state index in [2.05, 4.69) is 10.3 Å². The molecule has 0 spiro atoms. The van der Waals surface area contributed by atoms with Crippen LogP contribution in [-0.2, 0) is 16.1 Å². The predicted molar refractivity (Wildman–Crippen MR) is 96.3 cm³/mol. The number of aryl methyl sites for hydroxylation is 1. The fourth-order valence-corrected chi connectivity index (χ4v) is 2.68. The standard InChI is InChI=1S/C20H18N2O3/c1-13-6-3-10-17(18(13)22-14(2)23)20(24)25-12-16-8-4-7-15-9-5-11-21-19(15)16/h3-11H,12H2,1-2H3,(H,22,23). The van der Waals surface area contributed by atoms with Gasteiger partial charge in [-0.15, -0.1) is 0 Å². The normalized spacial score (nSPS) is 10.5. The van der Waals surface area contributed by atoms with Crippen molar-refractivity contribution in [3.63, 3.8) is 0 Å². The molecule has 25 heavy (non-hydrogen) atoms. The van der Waals surface area contributed by atoms with Crippen molar-refractivity contribution in [2.24, 2.45) is 0 Å². The number of esters is 1. The minimum absolute atomic E-state index is 0.112. The van der Waals surface area contributed by atoms with Gasteiger partial charge in [0.05, 0.1) is 16.8 Å². The van der Waals surface area contributed by atoms with E-state index in [-0.39, 0.29) is 12.5 Å². The van der Waals surface area contributed by atoms with Crippen LogP contribution in [0.15, 0.2) is 54.7 Å². The summed E-state index contributed by atoms with van der Waals surface area (Å²) in [5, 5.41) is 3.69. The first-order chi connectivity index (χ1) is 12.1. The number of anilines is 1. The van der Waals surface area contributed by atoms with Crippen LogP contribution in [0.1, 0.15) is 28.4 Å². The molecule has 1 aromatic heterocycles. The number of fused-ring (bicyclic) bond motifs is 1. The van der Waals surface area contributed by atoms with E-state index in [0.29, 0.717) is 11.3 Å². The minimum Gasteiger partial charge on any atom is -0.457 e. The van der Waals surface area contributed by atoms with Crippen molar-refractivity contribution in [3.05, 3.63) is 71.4 Å². The van der Waals surface area contributed by atoms with Gasteiger partial charge >= 0.3 is 5.97 Å². The molecule has 0 radical (unpaired) electrons. The van der Waals surface area contributed by atoms with Crippen LogP contribution in [0.2, 0.25) is 0 Å². The van der Waals surface area contributed by atoms with Gasteiger partial charge in [-0.3, -0.25) is 9.78 Å². The van der Waals surface area contributed by atoms with E-state index >= 15 is 0 Å². The van der Waals surface area contributed by atoms with Gasteiger partial charge in [0.1, 0.15) is 6.61 Å². The van der Waals surface area contributed by atoms with Crippen molar-refractivity contribution in [1.29, 1.82) is 0 Å². The van der Waals surface area contributed by atoms with Crippen molar-refractivity contribution in [3.8, 4) is 0 Å². The molecule has 0 saturated heterocycles. The van der Waals surface area contributed by atoms with Gasteiger partial charge in [-0.1, -0.05) is 36.4 Å². The van der Waals surface area contributed by atoms with E-state index in [1.165, 1.54) is 6.92 Å². The van der Waals surface area contributed by atoms with Crippen molar-refractivity contribution >= 4 is 28.5 Å². The molecule has 5 heteroatoms. The molecule has 0 aliphatic rings. The van der Waals surface area contributed by atoms with Gasteiger partial charge in [-0.05, 0) is 24.6 Å². The molecule has 3 rings (SSSR count). The molecule has 2 aromatic carbocycles. The number of benzene rings is 2. The van der Waals surface area contributed by atoms with Crippen LogP contribution in [0.5, 0.6) is 0 Å². The van der Waals surface area contributed by atoms with Crippen LogP contribution < -0.4 is 5.32 Å². The highest BCUT2D eigenvalue weighted by molar-refractivity contribution is 6.01. The van der Waals surface area contributed by atoms with E-state index < -0.39 is 5.97 Å². The van der Waals surface area contributed by atoms with Gasteiger partial charge in [-0.2, -0.15) is 0 Å². The van der Waals surface area contributed by atoms with Gasteiger partial charge in [0.2, 0.25) is 5.91 Å². The van der Waals surface area contributed by atoms with Crippen LogP contribution in [-0.4, -0.2) is 16.9 Å². The van der Waals surface area contributed by atoms with Crippen molar-refractivity contribution in [2.45, 2.75) is 20.5 Å². The lowest BCUT2D eigenvalue weighted by Gasteiger charge is -2.13. The summed E-state index contributed by atoms with van der Waals surface area (Å²) in [5.41, 5.74) is 3.26. The van der Waals surface area contributed by atoms with Crippen LogP contribution in [0.4, 0.5) is 5.69 Å². The molecule has 0 aliphatic carbocycles. The number of ether oxygens (including phenoxy) is 1. The van der Waals surface area contributed by atoms with Crippen LogP contribution >= 0.6 is 0 Å². The summed E-state index contributed by atoms with van der Waals surface area (Å²) in [6, 6.07) is 14.8. The summed E-state index contributed by atoms with van der Waals surface area (Å²) in [5.74, 6) is -0.720. The van der Waals surface area contributed by atoms with E-state index in [1.807, 2.05) is 43.3 Å². The summed E-state index contributed by atoms with van der Waals surface area (Å²) >= 11 is 0. The first-order valence-electron chi connectivity index (χ1n) is 7.93. The molecular formula is C20H18N2O3. The minimum atomic E-state index is -0.486. The third kappa shape index (κ3) is 3.66. The Hall–Kier alpha value is -3.21. The number of nitrogens with one attached hydrogen (secondary N) is 1. The number of carbonyl (C=O) groups is 2. The van der Waals surface area contributed by atoms with E-state index in [1.54, 1.807) is 18.3 Å². The second-order valence-corrected chi connectivity index (χ2v) is 5.75. The number of amides is 1. The highest BCUT2D eigenvalue weighted by Gasteiger charge is 2.16. The Kier molecular flexibility index (Phi) is 4.75. The maximum Gasteiger partial charge on any atom is 0.340 e. The number of para-hydroxylation sites is 2. The number of rotatable bonds is 4. The third-order valence-corrected chi connectivity index (χ3v) is 3.87. The smallest absolute Gasteiger partial charge is 0.340 e. The fraction of sp³-hybridized carbons (Fsp3) is 0.150. The number of pyridine rings is 1. The fourth-order valence-electron chi connectivity index (χ4n) is 2.68. The Morgan fingerprint density at radius 2 is 1.84 bits per heavy atom. The second-order valence-electron chi connectivity index (χ2n) is 5.75. The van der Waals surface area contributed by atoms with E-state index in [4.69, 9.17) is 4.74 Å². The van der Waals surface area contributed by atoms with Gasteiger partial charge in [0.25, 0.3) is 0 Å². The summed E-state index contributed by atoms with van der Waals surface area (Å²) in [7, 11) is 0. The highest BCUT2D eigenvalue weighted by atomic mass is 16.5. The molecule has 3 aromatic rings. The zero-order valence-corrected chi connectivity index (χ0v) is 14.1. The summed E-state index contributed by atoms with van der Waals surface area (Å²) < 4.78 is 5.47. The van der Waals surface area contributed by atoms with E-state index in [0.717, 1.165) is 22.0 Å². The molecule has 0 saturated carbocycles. The number of hydrogen-bond donors (Lipinski definition) is 1. The first-order valence-corrected chi connectivity index (χ1v) is 7.93. The summed E-state index contributed by atoms with van der Waals surface area (Å²) in [6.45, 7) is 3.35. The molecule has 1 heterocycles. The SMILES string of the molecule is CC(=O)Nc1c(C)cccc1C(=O)OCc1cccc2cccnc12. The van der Waals surface area contributed by atoms with Crippen LogP contribution in [0, 0.1) is 6.92 Å². The van der Waals surface area contributed by atoms with Gasteiger partial charge in [0.15, 0.2) is 0 Å². The quantitative estimate of drug-likeness (QED) is 0.736. The molecular weight excluding hydrogens is 316 g/mol. The van der Waals surface area contributed by atoms with Crippen molar-refractivity contribution < 1.29 is 14.3 Å². The second kappa shape index (κ2) is 7.13. The molecule has 126 valence electrons. The number of aromatic nitrogens is 1. The molecule has 1 amide bonds. The summed E-state index contributed by atoms with van der Waals surface area (Å²) in [4.78, 5) is 28.3. The highest BCUT2D eigenvalue weighted by Crippen LogP contribution is 2.23. The number of hydrogen-bond acceptors (Lipinski definition) is 4. The van der Waals surface area contributed by atoms with Gasteiger partial charge in [0, 0.05) is 24.1 Å². The number of nitrogens with zero attached hydrogens (tertiary/aromatic N) is 1. The van der Waals surface area contributed by atoms with Crippen molar-refractivity contribution in [2.75, 3.05) is 5.32 Å². The zero-order valence-electron chi connectivity index (χ0n) is 14.1. The van der Waals surface area contributed by atoms with Crippen LogP contribution in [0.25, 0.3) is 10.9 Å². The molecule has 0 atom stereocenters. The van der Waals surface area contributed by atoms with Gasteiger partial charge in [-0.25, -0.2) is 4.79 Å². The maximum absolute atomic E-state index is 12.5. The third-order valence-electron chi connectivity index (χ3n) is 3.87. The van der Waals surface area contributed by atoms with Crippen LogP contribution in [0.3, 0.4) is 0 Å². The molecule has 5 nitrogen and oxygen atoms in total. The monoisotopic (exact) mass is 334 g/mol. The average Bonchev–Trinajstić information content (AvgIpc) is 2.61. The lowest BCUT2D eigenvalue weighted by molar-refractivity contribution is -0.114. The lowest BCUT2D eigenvalue weighted by atomic mass is 10.1. The Morgan fingerprint density at radius 1 is 1.08 bits per heavy atom. The molecule has 0 unspecified atom stereocenters. The zero-order chi connectivity index (χ0) is 17.8. The Bertz CT molecular complexity index is 945. The Balaban J connectivity index is 1.83. The predicted octanol–water partition coefficient (Wildman–Crippen LogP) is 3.86. The van der Waals surface area contributed by atoms with E-state index in [9.17, 15) is 9.59 Å². The van der Waals surface area contributed by atoms with Crippen molar-refractivity contribution in [1.82, 2.24) is 4.98 Å². The average molecular weight is 334 g/mol. The molecule has 0 bridgehead atoms.